The van der Waals surface area contributed by atoms with Gasteiger partial charge < -0.3 is 5.11 Å². The molecular formula is C9H11N3OS. The lowest BCUT2D eigenvalue weighted by Gasteiger charge is -2.05. The second kappa shape index (κ2) is 6.32. The van der Waals surface area contributed by atoms with Gasteiger partial charge in [-0.3, -0.25) is 0 Å². The smallest absolute Gasteiger partial charge is 0.0690 e. The zero-order valence-electron chi connectivity index (χ0n) is 7.58. The molecule has 5 heteroatoms. The van der Waals surface area contributed by atoms with Crippen LogP contribution in [-0.4, -0.2) is 23.5 Å². The average molecular weight is 209 g/mol. The molecule has 0 aliphatic rings. The van der Waals surface area contributed by atoms with Crippen LogP contribution in [0.25, 0.3) is 10.4 Å². The summed E-state index contributed by atoms with van der Waals surface area (Å²) >= 11 is 1.55. The van der Waals surface area contributed by atoms with Crippen molar-refractivity contribution in [1.29, 1.82) is 0 Å². The van der Waals surface area contributed by atoms with E-state index in [1.807, 2.05) is 30.3 Å². The molecule has 1 aromatic carbocycles. The first kappa shape index (κ1) is 10.9. The van der Waals surface area contributed by atoms with Gasteiger partial charge in [-0.25, -0.2) is 0 Å². The van der Waals surface area contributed by atoms with E-state index in [1.165, 1.54) is 0 Å². The van der Waals surface area contributed by atoms with Gasteiger partial charge in [-0.05, 0) is 17.7 Å². The van der Waals surface area contributed by atoms with E-state index in [1.54, 1.807) is 11.8 Å². The fraction of sp³-hybridized carbons (Fsp3) is 0.333. The van der Waals surface area contributed by atoms with Gasteiger partial charge >= 0.3 is 0 Å². The van der Waals surface area contributed by atoms with Crippen LogP contribution in [0.5, 0.6) is 0 Å². The van der Waals surface area contributed by atoms with Crippen LogP contribution in [-0.2, 0) is 0 Å². The molecule has 0 heterocycles. The van der Waals surface area contributed by atoms with Gasteiger partial charge in [-0.1, -0.05) is 23.3 Å². The predicted octanol–water partition coefficient (Wildman–Crippen LogP) is 2.45. The second-order valence-corrected chi connectivity index (χ2v) is 3.78. The molecule has 1 N–H and O–H groups in total. The van der Waals surface area contributed by atoms with Gasteiger partial charge in [-0.15, -0.1) is 11.8 Å². The van der Waals surface area contributed by atoms with Crippen molar-refractivity contribution >= 4 is 11.8 Å². The number of thioether (sulfide) groups is 1. The highest BCUT2D eigenvalue weighted by Crippen LogP contribution is 2.17. The zero-order chi connectivity index (χ0) is 10.2. The first-order valence-corrected chi connectivity index (χ1v) is 5.18. The molecule has 0 aliphatic carbocycles. The number of hydrogen-bond acceptors (Lipinski definition) is 3. The van der Waals surface area contributed by atoms with Gasteiger partial charge in [0.15, 0.2) is 0 Å². The third kappa shape index (κ3) is 4.18. The molecule has 1 rings (SSSR count). The molecule has 14 heavy (non-hydrogen) atoms. The third-order valence-corrected chi connectivity index (χ3v) is 2.70. The lowest BCUT2D eigenvalue weighted by molar-refractivity contribution is 0.208. The van der Waals surface area contributed by atoms with Crippen LogP contribution in [0.3, 0.4) is 0 Å². The van der Waals surface area contributed by atoms with Gasteiger partial charge in [0, 0.05) is 15.6 Å². The number of azide groups is 1. The maximum Gasteiger partial charge on any atom is 0.0690 e. The Kier molecular flexibility index (Phi) is 4.93. The summed E-state index contributed by atoms with van der Waals surface area (Å²) in [6.45, 7) is 0.135. The summed E-state index contributed by atoms with van der Waals surface area (Å²) in [7, 11) is 0. The molecule has 1 atom stereocenters. The lowest BCUT2D eigenvalue weighted by Crippen LogP contribution is -2.13. The second-order valence-electron chi connectivity index (χ2n) is 2.69. The highest BCUT2D eigenvalue weighted by Gasteiger charge is 2.02. The van der Waals surface area contributed by atoms with E-state index in [4.69, 9.17) is 5.53 Å². The minimum Gasteiger partial charge on any atom is -0.392 e. The van der Waals surface area contributed by atoms with Crippen LogP contribution in [0, 0.1) is 0 Å². The summed E-state index contributed by atoms with van der Waals surface area (Å²) in [6.07, 6.45) is -0.573. The van der Waals surface area contributed by atoms with Crippen LogP contribution < -0.4 is 0 Å². The molecule has 0 spiro atoms. The zero-order valence-corrected chi connectivity index (χ0v) is 8.39. The van der Waals surface area contributed by atoms with Gasteiger partial charge in [0.25, 0.3) is 0 Å². The van der Waals surface area contributed by atoms with Crippen LogP contribution in [0.15, 0.2) is 40.3 Å². The molecule has 0 unspecified atom stereocenters. The van der Waals surface area contributed by atoms with Gasteiger partial charge in [-0.2, -0.15) is 0 Å². The largest absolute Gasteiger partial charge is 0.392 e. The molecule has 0 saturated heterocycles. The van der Waals surface area contributed by atoms with E-state index in [0.29, 0.717) is 5.75 Å². The van der Waals surface area contributed by atoms with Crippen molar-refractivity contribution in [3.63, 3.8) is 0 Å². The van der Waals surface area contributed by atoms with E-state index < -0.39 is 6.10 Å². The third-order valence-electron chi connectivity index (χ3n) is 1.54. The van der Waals surface area contributed by atoms with E-state index in [2.05, 4.69) is 10.0 Å². The van der Waals surface area contributed by atoms with E-state index in [0.717, 1.165) is 4.90 Å². The average Bonchev–Trinajstić information content (AvgIpc) is 2.25. The highest BCUT2D eigenvalue weighted by molar-refractivity contribution is 7.99. The topological polar surface area (TPSA) is 69.0 Å². The first-order valence-electron chi connectivity index (χ1n) is 4.19. The van der Waals surface area contributed by atoms with Crippen molar-refractivity contribution in [1.82, 2.24) is 0 Å². The Balaban J connectivity index is 2.30. The van der Waals surface area contributed by atoms with Crippen molar-refractivity contribution < 1.29 is 5.11 Å². The summed E-state index contributed by atoms with van der Waals surface area (Å²) in [6, 6.07) is 9.79. The number of aliphatic hydroxyl groups is 1. The standard InChI is InChI=1S/C9H11N3OS/c10-12-11-6-8(13)7-14-9-4-2-1-3-5-9/h1-5,8,13H,6-7H2/t8-/m0/s1. The normalized spacial score (nSPS) is 11.8. The Morgan fingerprint density at radius 2 is 2.14 bits per heavy atom. The Labute approximate surface area is 86.6 Å². The molecule has 0 radical (unpaired) electrons. The minimum atomic E-state index is -0.573. The van der Waals surface area contributed by atoms with Gasteiger partial charge in [0.1, 0.15) is 0 Å². The molecule has 74 valence electrons. The maximum absolute atomic E-state index is 9.36. The van der Waals surface area contributed by atoms with Crippen LogP contribution in [0.1, 0.15) is 0 Å². The molecule has 0 aliphatic heterocycles. The molecule has 0 amide bonds. The number of nitrogens with zero attached hydrogens (tertiary/aromatic N) is 3. The fourth-order valence-corrected chi connectivity index (χ4v) is 1.73. The Morgan fingerprint density at radius 1 is 1.43 bits per heavy atom. The summed E-state index contributed by atoms with van der Waals surface area (Å²) < 4.78 is 0. The van der Waals surface area contributed by atoms with E-state index in [9.17, 15) is 5.11 Å². The van der Waals surface area contributed by atoms with Crippen molar-refractivity contribution in [2.24, 2.45) is 5.11 Å². The summed E-state index contributed by atoms with van der Waals surface area (Å²) in [5.74, 6) is 0.545. The summed E-state index contributed by atoms with van der Waals surface area (Å²) in [5, 5.41) is 12.7. The number of rotatable bonds is 5. The highest BCUT2D eigenvalue weighted by atomic mass is 32.2. The van der Waals surface area contributed by atoms with Crippen LogP contribution in [0.2, 0.25) is 0 Å². The molecule has 0 saturated carbocycles. The fourth-order valence-electron chi connectivity index (χ4n) is 0.893. The summed E-state index contributed by atoms with van der Waals surface area (Å²) in [4.78, 5) is 3.69. The minimum absolute atomic E-state index is 0.135. The molecular weight excluding hydrogens is 198 g/mol. The molecule has 0 aromatic heterocycles. The molecule has 4 nitrogen and oxygen atoms in total. The Bertz CT molecular complexity index is 311. The Morgan fingerprint density at radius 3 is 2.79 bits per heavy atom. The first-order chi connectivity index (χ1) is 6.83. The van der Waals surface area contributed by atoms with Crippen LogP contribution >= 0.6 is 11.8 Å². The van der Waals surface area contributed by atoms with E-state index in [-0.39, 0.29) is 6.54 Å². The summed E-state index contributed by atoms with van der Waals surface area (Å²) in [5.41, 5.74) is 8.04. The van der Waals surface area contributed by atoms with Gasteiger partial charge in [0.2, 0.25) is 0 Å². The van der Waals surface area contributed by atoms with Crippen molar-refractivity contribution in [3.05, 3.63) is 40.8 Å². The molecule has 0 bridgehead atoms. The molecule has 1 aromatic rings. The number of benzene rings is 1. The van der Waals surface area contributed by atoms with Gasteiger partial charge in [0.05, 0.1) is 12.6 Å². The Hall–Kier alpha value is -1.16. The van der Waals surface area contributed by atoms with Crippen molar-refractivity contribution in [2.75, 3.05) is 12.3 Å². The van der Waals surface area contributed by atoms with Crippen LogP contribution in [0.4, 0.5) is 0 Å². The molecule has 0 fully saturated rings. The number of aliphatic hydroxyl groups excluding tert-OH is 1. The van der Waals surface area contributed by atoms with E-state index >= 15 is 0 Å². The predicted molar refractivity (Wildman–Crippen MR) is 57.2 cm³/mol. The maximum atomic E-state index is 9.36. The lowest BCUT2D eigenvalue weighted by atomic mass is 10.4. The SMILES string of the molecule is [N-]=[N+]=NC[C@H](O)CSc1ccccc1. The van der Waals surface area contributed by atoms with Crippen molar-refractivity contribution in [2.45, 2.75) is 11.0 Å². The van der Waals surface area contributed by atoms with Crippen molar-refractivity contribution in [3.8, 4) is 0 Å². The number of hydrogen-bond donors (Lipinski definition) is 1. The monoisotopic (exact) mass is 209 g/mol. The quantitative estimate of drug-likeness (QED) is 0.350.